The van der Waals surface area contributed by atoms with Crippen molar-refractivity contribution in [3.8, 4) is 11.1 Å². The van der Waals surface area contributed by atoms with E-state index in [2.05, 4.69) is 0 Å². The molecule has 18 heavy (non-hydrogen) atoms. The molecule has 0 unspecified atom stereocenters. The molecule has 2 aromatic rings. The minimum absolute atomic E-state index is 0.592. The van der Waals surface area contributed by atoms with Crippen molar-refractivity contribution in [2.45, 2.75) is 13.8 Å². The van der Waals surface area contributed by atoms with Gasteiger partial charge in [0.05, 0.1) is 0 Å². The molecular formula is C14H10B4. The second kappa shape index (κ2) is 4.76. The summed E-state index contributed by atoms with van der Waals surface area (Å²) < 4.78 is 0. The van der Waals surface area contributed by atoms with Crippen LogP contribution >= 0.6 is 0 Å². The van der Waals surface area contributed by atoms with E-state index in [1.54, 1.807) is 0 Å². The predicted octanol–water partition coefficient (Wildman–Crippen LogP) is -0.854. The maximum absolute atomic E-state index is 6.04. The summed E-state index contributed by atoms with van der Waals surface area (Å²) in [6, 6.07) is 7.46. The Kier molecular flexibility index (Phi) is 3.47. The molecule has 0 bridgehead atoms. The second-order valence-electron chi connectivity index (χ2n) is 4.64. The van der Waals surface area contributed by atoms with Gasteiger partial charge in [-0.3, -0.25) is 0 Å². The second-order valence-corrected chi connectivity index (χ2v) is 4.64. The third-order valence-electron chi connectivity index (χ3n) is 2.94. The summed E-state index contributed by atoms with van der Waals surface area (Å²) in [5, 5.41) is 0. The average molecular weight is 221 g/mol. The van der Waals surface area contributed by atoms with Gasteiger partial charge in [-0.25, -0.2) is 0 Å². The van der Waals surface area contributed by atoms with Gasteiger partial charge >= 0.3 is 0 Å². The lowest BCUT2D eigenvalue weighted by Gasteiger charge is -2.18. The Labute approximate surface area is 114 Å². The topological polar surface area (TPSA) is 0 Å². The molecule has 0 nitrogen and oxygen atoms in total. The van der Waals surface area contributed by atoms with E-state index < -0.39 is 0 Å². The fourth-order valence-corrected chi connectivity index (χ4v) is 2.26. The standard InChI is InChI=1S/C14H10B4/c1-7-3-9(15)13(10(16)4-7)14-11(17)5-8(2)6-12(14)18/h3-6H,1-2H3. The summed E-state index contributed by atoms with van der Waals surface area (Å²) in [5.74, 6) is 0. The van der Waals surface area contributed by atoms with Crippen molar-refractivity contribution in [1.82, 2.24) is 0 Å². The van der Waals surface area contributed by atoms with Crippen LogP contribution in [0, 0.1) is 13.8 Å². The summed E-state index contributed by atoms with van der Waals surface area (Å²) >= 11 is 0. The molecule has 2 rings (SSSR count). The van der Waals surface area contributed by atoms with Gasteiger partial charge in [-0.2, -0.15) is 0 Å². The van der Waals surface area contributed by atoms with Gasteiger partial charge in [0, 0.05) is 0 Å². The third-order valence-corrected chi connectivity index (χ3v) is 2.94. The molecule has 0 fully saturated rings. The summed E-state index contributed by atoms with van der Waals surface area (Å²) in [4.78, 5) is 0. The van der Waals surface area contributed by atoms with Gasteiger partial charge in [0.1, 0.15) is 31.4 Å². The Bertz CT molecular complexity index is 516. The zero-order chi connectivity index (χ0) is 13.4. The van der Waals surface area contributed by atoms with E-state index in [0.717, 1.165) is 22.3 Å². The van der Waals surface area contributed by atoms with Crippen molar-refractivity contribution in [2.75, 3.05) is 0 Å². The lowest BCUT2D eigenvalue weighted by molar-refractivity contribution is 1.50. The number of benzene rings is 2. The molecule has 8 radical (unpaired) electrons. The molecule has 0 aliphatic heterocycles. The molecule has 2 aromatic carbocycles. The van der Waals surface area contributed by atoms with E-state index in [1.807, 2.05) is 38.1 Å². The maximum atomic E-state index is 6.04. The van der Waals surface area contributed by atoms with E-state index in [-0.39, 0.29) is 0 Å². The predicted molar refractivity (Wildman–Crippen MR) is 82.9 cm³/mol. The van der Waals surface area contributed by atoms with Gasteiger partial charge in [-0.1, -0.05) is 57.2 Å². The molecule has 0 atom stereocenters. The van der Waals surface area contributed by atoms with Gasteiger partial charge in [0.15, 0.2) is 0 Å². The molecule has 0 spiro atoms. The van der Waals surface area contributed by atoms with Gasteiger partial charge < -0.3 is 0 Å². The first-order valence-corrected chi connectivity index (χ1v) is 5.71. The van der Waals surface area contributed by atoms with Crippen molar-refractivity contribution in [1.29, 1.82) is 0 Å². The van der Waals surface area contributed by atoms with Crippen LogP contribution in [0.3, 0.4) is 0 Å². The minimum Gasteiger partial charge on any atom is -0.0893 e. The number of hydrogen-bond donors (Lipinski definition) is 0. The fraction of sp³-hybridized carbons (Fsp3) is 0.143. The highest BCUT2D eigenvalue weighted by Gasteiger charge is 2.10. The van der Waals surface area contributed by atoms with E-state index >= 15 is 0 Å². The maximum Gasteiger partial charge on any atom is 0.114 e. The summed E-state index contributed by atoms with van der Waals surface area (Å²) in [7, 11) is 24.2. The van der Waals surface area contributed by atoms with Crippen molar-refractivity contribution in [2.24, 2.45) is 0 Å². The van der Waals surface area contributed by atoms with E-state index in [9.17, 15) is 0 Å². The van der Waals surface area contributed by atoms with Gasteiger partial charge in [0.2, 0.25) is 0 Å². The Morgan fingerprint density at radius 2 is 0.778 bits per heavy atom. The summed E-state index contributed by atoms with van der Waals surface area (Å²) in [6.07, 6.45) is 0. The Morgan fingerprint density at radius 3 is 1.00 bits per heavy atom. The Hall–Kier alpha value is -1.30. The van der Waals surface area contributed by atoms with Crippen molar-refractivity contribution in [3.63, 3.8) is 0 Å². The highest BCUT2D eigenvalue weighted by Crippen LogP contribution is 2.11. The monoisotopic (exact) mass is 222 g/mol. The van der Waals surface area contributed by atoms with Crippen LogP contribution in [-0.2, 0) is 0 Å². The van der Waals surface area contributed by atoms with Crippen molar-refractivity contribution < 1.29 is 0 Å². The zero-order valence-electron chi connectivity index (χ0n) is 10.6. The van der Waals surface area contributed by atoms with Crippen molar-refractivity contribution >= 4 is 53.2 Å². The molecule has 0 saturated heterocycles. The van der Waals surface area contributed by atoms with Crippen molar-refractivity contribution in [3.05, 3.63) is 35.4 Å². The Morgan fingerprint density at radius 1 is 0.556 bits per heavy atom. The molecule has 0 saturated carbocycles. The number of rotatable bonds is 1. The lowest BCUT2D eigenvalue weighted by atomic mass is 9.69. The van der Waals surface area contributed by atoms with Crippen LogP contribution in [0.5, 0.6) is 0 Å². The molecule has 0 aliphatic carbocycles. The highest BCUT2D eigenvalue weighted by molar-refractivity contribution is 6.50. The van der Waals surface area contributed by atoms with Crippen LogP contribution in [0.25, 0.3) is 11.1 Å². The van der Waals surface area contributed by atoms with Gasteiger partial charge in [-0.15, -0.1) is 0 Å². The van der Waals surface area contributed by atoms with Crippen LogP contribution < -0.4 is 21.9 Å². The van der Waals surface area contributed by atoms with Crippen LogP contribution in [0.1, 0.15) is 11.1 Å². The normalized spacial score (nSPS) is 10.6. The van der Waals surface area contributed by atoms with E-state index in [4.69, 9.17) is 31.4 Å². The molecule has 78 valence electrons. The van der Waals surface area contributed by atoms with Crippen LogP contribution in [0.4, 0.5) is 0 Å². The first kappa shape index (κ1) is 13.1. The fourth-order valence-electron chi connectivity index (χ4n) is 2.26. The lowest BCUT2D eigenvalue weighted by Crippen LogP contribution is -2.29. The third kappa shape index (κ3) is 2.29. The number of aryl methyl sites for hydroxylation is 2. The largest absolute Gasteiger partial charge is 0.114 e. The summed E-state index contributed by atoms with van der Waals surface area (Å²) in [6.45, 7) is 3.89. The molecule has 0 amide bonds. The van der Waals surface area contributed by atoms with Crippen LogP contribution in [-0.4, -0.2) is 31.4 Å². The molecule has 0 aliphatic rings. The highest BCUT2D eigenvalue weighted by atomic mass is 14.1. The molecule has 4 heteroatoms. The van der Waals surface area contributed by atoms with Gasteiger partial charge in [0.25, 0.3) is 0 Å². The SMILES string of the molecule is [B]c1cc(C)cc([B])c1-c1c([B])cc(C)cc1[B]. The molecular weight excluding hydrogens is 211 g/mol. The van der Waals surface area contributed by atoms with Crippen LogP contribution in [0.2, 0.25) is 0 Å². The average Bonchev–Trinajstić information content (AvgIpc) is 2.20. The molecule has 0 N–H and O–H groups in total. The van der Waals surface area contributed by atoms with Crippen LogP contribution in [0.15, 0.2) is 24.3 Å². The van der Waals surface area contributed by atoms with Gasteiger partial charge in [-0.05, 0) is 25.0 Å². The molecule has 0 heterocycles. The van der Waals surface area contributed by atoms with E-state index in [1.165, 1.54) is 0 Å². The zero-order valence-corrected chi connectivity index (χ0v) is 10.6. The Balaban J connectivity index is 2.78. The summed E-state index contributed by atoms with van der Waals surface area (Å²) in [5.41, 5.74) is 5.83. The minimum atomic E-state index is 0.592. The first-order chi connectivity index (χ1) is 8.40. The smallest absolute Gasteiger partial charge is 0.0893 e. The quantitative estimate of drug-likeness (QED) is 0.550. The number of hydrogen-bond acceptors (Lipinski definition) is 0. The van der Waals surface area contributed by atoms with E-state index in [0.29, 0.717) is 21.9 Å². The first-order valence-electron chi connectivity index (χ1n) is 5.71. The molecule has 0 aromatic heterocycles.